The quantitative estimate of drug-likeness (QED) is 0.00526. The molecule has 11 N–H and O–H groups in total. The van der Waals surface area contributed by atoms with Gasteiger partial charge in [0, 0.05) is 72.3 Å². The van der Waals surface area contributed by atoms with Crippen molar-refractivity contribution >= 4 is 83.3 Å². The Hall–Kier alpha value is -6.52. The molecule has 0 aliphatic carbocycles. The number of halogens is 4. The third kappa shape index (κ3) is 38.1. The number of carbonyl (C=O) groups is 5. The fraction of sp³-hybridized carbons (Fsp3) is 0.192. The molecule has 0 saturated carbocycles. The van der Waals surface area contributed by atoms with Gasteiger partial charge < -0.3 is 108 Å². The van der Waals surface area contributed by atoms with E-state index >= 15 is 0 Å². The van der Waals surface area contributed by atoms with Crippen LogP contribution in [-0.2, 0) is 134 Å². The summed E-state index contributed by atoms with van der Waals surface area (Å²) >= 11 is 15.2. The molecule has 9 aromatic rings. The normalized spacial score (nSPS) is 10.2. The minimum atomic E-state index is -0.833. The topological polar surface area (TPSA) is 293 Å². The fourth-order valence-corrected chi connectivity index (χ4v) is 9.75. The van der Waals surface area contributed by atoms with Gasteiger partial charge in [-0.2, -0.15) is 0 Å². The van der Waals surface area contributed by atoms with Gasteiger partial charge in [0.05, 0.1) is 63.3 Å². The smallest absolute Gasteiger partial charge is 0.300 e. The molecular weight excluding hydrogens is 1650 g/mol. The molecule has 2 radical (unpaired) electrons. The van der Waals surface area contributed by atoms with Gasteiger partial charge in [-0.25, -0.2) is 0 Å². The summed E-state index contributed by atoms with van der Waals surface area (Å²) in [5, 5.41) is 31.2. The van der Waals surface area contributed by atoms with Gasteiger partial charge in [-0.3, -0.25) is 20.7 Å². The number of carboxylic acid groups (broad SMARTS) is 1. The van der Waals surface area contributed by atoms with Gasteiger partial charge in [-0.15, -0.1) is 0 Å². The molecule has 0 atom stereocenters. The van der Waals surface area contributed by atoms with E-state index in [0.29, 0.717) is 0 Å². The van der Waals surface area contributed by atoms with Gasteiger partial charge in [0.2, 0.25) is 0 Å². The van der Waals surface area contributed by atoms with Crippen LogP contribution in [0.4, 0.5) is 0 Å². The number of hydrogen-bond donors (Lipinski definition) is 9. The van der Waals surface area contributed by atoms with E-state index in [1.54, 1.807) is 0 Å². The molecule has 552 valence electrons. The van der Waals surface area contributed by atoms with Crippen LogP contribution < -0.4 is 38.1 Å². The maximum atomic E-state index is 10.2. The molecule has 0 spiro atoms. The van der Waals surface area contributed by atoms with Crippen molar-refractivity contribution in [1.82, 2.24) is 26.6 Å². The van der Waals surface area contributed by atoms with Crippen molar-refractivity contribution in [3.63, 3.8) is 0 Å². The van der Waals surface area contributed by atoms with Crippen molar-refractivity contribution in [1.29, 1.82) is 0 Å². The van der Waals surface area contributed by atoms with Gasteiger partial charge >= 0.3 is 0 Å². The summed E-state index contributed by atoms with van der Waals surface area (Å²) in [6, 6.07) is 93.7. The Kier molecular flexibility index (Phi) is 56.8. The Morgan fingerprint density at radius 3 is 0.673 bits per heavy atom. The zero-order chi connectivity index (χ0) is 75.0. The third-order valence-corrected chi connectivity index (χ3v) is 13.6. The maximum absolute atomic E-state index is 10.2. The van der Waals surface area contributed by atoms with E-state index in [0.717, 1.165) is 61.2 Å². The number of benzene rings is 9. The summed E-state index contributed by atoms with van der Waals surface area (Å²) in [5.41, 5.74) is 18.2. The zero-order valence-corrected chi connectivity index (χ0v) is 68.2. The van der Waals surface area contributed by atoms with Gasteiger partial charge in [0.25, 0.3) is 5.97 Å². The second-order valence-corrected chi connectivity index (χ2v) is 23.7. The Bertz CT molecular complexity index is 3140. The zero-order valence-electron chi connectivity index (χ0n) is 57.8. The minimum absolute atomic E-state index is 0. The molecule has 9 rings (SSSR count). The summed E-state index contributed by atoms with van der Waals surface area (Å²) in [6.07, 6.45) is 0. The molecule has 0 aliphatic heterocycles. The molecule has 0 heterocycles. The first kappa shape index (κ1) is 97.5. The van der Waals surface area contributed by atoms with Gasteiger partial charge in [-0.1, -0.05) is 328 Å². The van der Waals surface area contributed by atoms with Crippen LogP contribution in [0.15, 0.2) is 273 Å². The van der Waals surface area contributed by atoms with Crippen LogP contribution in [0.25, 0.3) is 0 Å². The third-order valence-electron chi connectivity index (χ3n) is 13.6. The summed E-state index contributed by atoms with van der Waals surface area (Å²) < 4.78 is 31.7. The first-order chi connectivity index (χ1) is 49.4. The molecule has 20 nitrogen and oxygen atoms in total. The molecule has 9 aromatic carbocycles. The second kappa shape index (κ2) is 60.6. The number of aliphatic hydroxyl groups excluding tert-OH is 1. The van der Waals surface area contributed by atoms with Crippen molar-refractivity contribution in [2.24, 2.45) is 11.5 Å². The number of nitrogens with two attached hydrogens (primary N) is 2. The standard InChI is InChI=1S/C41H38N2O2.C20H19NO.C7H12N2O4.C3H10N2O2.2C2H2ClO.C2H4O2.CH2Br2.2Y/c1-7-19-34(20-8-1)40(35-21-9-2-10-22-35,36-23-11-3-12-24-36)42-31-44-33-45-32-43-41(37-25-13-4-14-26-37,38-27-15-5-16-28-38)39-29-17-6-18-30-39;22-16-21-20(17-10-4-1-5-11-17,18-12-6-2-7-13-18)19-14-8-3-9-15-19;1-6(10)8-3-12-5-13-4-9-7(2)11;4-1-6-3-7-2-5;3*1-2(3)4;2-1-3;;/h1-30,42-43H,31-33H2;1-15,21-22H,16H2;1-5H2,(H,8,10)(H,9,11);1-5H2;2*1H2;1H3,(H,3,4);1H2;;/q;;-2;;2*-1;;;;. The van der Waals surface area contributed by atoms with E-state index in [2.05, 4.69) is 301 Å². The van der Waals surface area contributed by atoms with Gasteiger partial charge in [0.15, 0.2) is 6.79 Å². The van der Waals surface area contributed by atoms with Crippen molar-refractivity contribution in [3.05, 3.63) is 351 Å². The monoisotopic (exact) mass is 1740 g/mol. The number of carbonyl (C=O) groups excluding carboxylic acids is 4. The molecule has 0 fully saturated rings. The van der Waals surface area contributed by atoms with E-state index in [4.69, 9.17) is 49.9 Å². The summed E-state index contributed by atoms with van der Waals surface area (Å²) in [6.45, 7) is 13.9. The van der Waals surface area contributed by atoms with Crippen LogP contribution in [0.3, 0.4) is 0 Å². The van der Waals surface area contributed by atoms with Crippen LogP contribution in [0.1, 0.15) is 57.0 Å². The Morgan fingerprint density at radius 1 is 0.365 bits per heavy atom. The Balaban J connectivity index is 0.00000149. The Labute approximate surface area is 688 Å². The Morgan fingerprint density at radius 2 is 0.519 bits per heavy atom. The van der Waals surface area contributed by atoms with E-state index in [9.17, 15) is 14.7 Å². The molecular formula is C78H89Br2Cl2N7O13Y2-4. The van der Waals surface area contributed by atoms with Crippen molar-refractivity contribution < 1.29 is 128 Å². The number of carboxylic acids is 1. The molecule has 104 heavy (non-hydrogen) atoms. The number of aliphatic hydroxyl groups is 1. The summed E-state index contributed by atoms with van der Waals surface area (Å²) in [5.74, 6) is -1.68. The summed E-state index contributed by atoms with van der Waals surface area (Å²) in [7, 11) is 0. The number of amides is 2. The molecule has 0 aliphatic rings. The number of aliphatic carboxylic acids is 1. The van der Waals surface area contributed by atoms with E-state index < -0.39 is 44.9 Å². The SMILES string of the molecule is BrCBr.CC(=O)O.NCOCOCN.OCNC(c1ccccc1)(c1ccccc1)c1ccccc1.[CH2-]C(=O)Cl.[CH2-]C(=O)Cl.[CH2-]C(=O)NCOCOCNC([CH2-])=O.[Y].[Y].c1ccc(C(NCOCOCNC(c2ccccc2)(c2ccccc2)c2ccccc2)(c2ccccc2)c2ccccc2)cc1. The van der Waals surface area contributed by atoms with Crippen LogP contribution in [0.2, 0.25) is 0 Å². The number of alkyl halides is 2. The van der Waals surface area contributed by atoms with Crippen LogP contribution in [0, 0.1) is 27.7 Å². The van der Waals surface area contributed by atoms with E-state index in [1.807, 2.05) is 91.0 Å². The van der Waals surface area contributed by atoms with Gasteiger partial charge in [-0.05, 0) is 50.1 Å². The molecule has 2 amide bonds. The van der Waals surface area contributed by atoms with Crippen molar-refractivity contribution in [2.75, 3.05) is 71.7 Å². The average molecular weight is 1740 g/mol. The molecule has 0 aromatic heterocycles. The largest absolute Gasteiger partial charge is 0.481 e. The van der Waals surface area contributed by atoms with E-state index in [1.165, 1.54) is 0 Å². The van der Waals surface area contributed by atoms with Crippen LogP contribution in [0.5, 0.6) is 0 Å². The first-order valence-electron chi connectivity index (χ1n) is 31.1. The number of nitrogens with one attached hydrogen (secondary N) is 5. The molecule has 0 bridgehead atoms. The van der Waals surface area contributed by atoms with Gasteiger partial charge in [0.1, 0.15) is 40.5 Å². The van der Waals surface area contributed by atoms with Crippen molar-refractivity contribution in [3.8, 4) is 0 Å². The molecule has 0 saturated heterocycles. The molecule has 26 heteroatoms. The fourth-order valence-electron chi connectivity index (χ4n) is 9.75. The van der Waals surface area contributed by atoms with Crippen LogP contribution in [-0.4, -0.2) is 110 Å². The maximum Gasteiger partial charge on any atom is 0.300 e. The number of rotatable bonds is 29. The first-order valence-corrected chi connectivity index (χ1v) is 34.1. The predicted octanol–water partition coefficient (Wildman–Crippen LogP) is 12.2. The summed E-state index contributed by atoms with van der Waals surface area (Å²) in [4.78, 5) is 47.6. The second-order valence-electron chi connectivity index (χ2n) is 20.3. The average Bonchev–Trinajstić information content (AvgIpc) is 0.779. The van der Waals surface area contributed by atoms with Crippen LogP contribution >= 0.6 is 55.1 Å². The van der Waals surface area contributed by atoms with Crippen molar-refractivity contribution in [2.45, 2.75) is 23.5 Å². The van der Waals surface area contributed by atoms with E-state index in [-0.39, 0.29) is 133 Å². The number of hydrogen-bond acceptors (Lipinski definition) is 17. The number of ether oxygens (including phenoxy) is 6. The predicted molar refractivity (Wildman–Crippen MR) is 408 cm³/mol. The molecule has 0 unspecified atom stereocenters. The minimum Gasteiger partial charge on any atom is -0.481 e.